The van der Waals surface area contributed by atoms with Crippen molar-refractivity contribution >= 4 is 0 Å². The number of para-hydroxylation sites is 1. The van der Waals surface area contributed by atoms with Crippen LogP contribution in [0, 0.1) is 13.8 Å². The number of nitrogens with zero attached hydrogens (tertiary/aromatic N) is 2. The van der Waals surface area contributed by atoms with Gasteiger partial charge in [0.1, 0.15) is 0 Å². The van der Waals surface area contributed by atoms with Gasteiger partial charge in [0.2, 0.25) is 0 Å². The van der Waals surface area contributed by atoms with Crippen LogP contribution >= 0.6 is 0 Å². The van der Waals surface area contributed by atoms with Crippen LogP contribution in [-0.4, -0.2) is 15.8 Å². The van der Waals surface area contributed by atoms with Crippen molar-refractivity contribution in [2.75, 3.05) is 0 Å². The van der Waals surface area contributed by atoms with Gasteiger partial charge in [-0.15, -0.1) is 0 Å². The third-order valence-electron chi connectivity index (χ3n) is 4.02. The van der Waals surface area contributed by atoms with Crippen LogP contribution in [0.25, 0.3) is 5.69 Å². The molecule has 0 bridgehead atoms. The lowest BCUT2D eigenvalue weighted by atomic mass is 10.1. The number of rotatable bonds is 4. The molecule has 0 aliphatic heterocycles. The first-order chi connectivity index (χ1) is 9.75. The van der Waals surface area contributed by atoms with E-state index in [2.05, 4.69) is 48.5 Å². The highest BCUT2D eigenvalue weighted by molar-refractivity contribution is 5.36. The first-order valence-electron chi connectivity index (χ1n) is 7.24. The van der Waals surface area contributed by atoms with Crippen molar-refractivity contribution in [1.29, 1.82) is 0 Å². The zero-order valence-electron chi connectivity index (χ0n) is 12.1. The van der Waals surface area contributed by atoms with Crippen LogP contribution in [0.5, 0.6) is 0 Å². The van der Waals surface area contributed by atoms with Gasteiger partial charge in [-0.3, -0.25) is 0 Å². The summed E-state index contributed by atoms with van der Waals surface area (Å²) in [7, 11) is 0. The average molecular weight is 267 g/mol. The highest BCUT2D eigenvalue weighted by Crippen LogP contribution is 2.18. The molecule has 1 aromatic heterocycles. The van der Waals surface area contributed by atoms with E-state index >= 15 is 0 Å². The van der Waals surface area contributed by atoms with Crippen LogP contribution in [0.1, 0.15) is 29.8 Å². The topological polar surface area (TPSA) is 29.9 Å². The fourth-order valence-corrected chi connectivity index (χ4v) is 2.78. The zero-order valence-corrected chi connectivity index (χ0v) is 12.1. The Hall–Kier alpha value is -1.87. The van der Waals surface area contributed by atoms with Crippen molar-refractivity contribution in [2.24, 2.45) is 0 Å². The Morgan fingerprint density at radius 2 is 1.85 bits per heavy atom. The molecule has 0 atom stereocenters. The van der Waals surface area contributed by atoms with Crippen molar-refractivity contribution in [3.05, 3.63) is 59.4 Å². The molecule has 3 heteroatoms. The van der Waals surface area contributed by atoms with Gasteiger partial charge in [-0.2, -0.15) is 5.10 Å². The number of aromatic nitrogens is 2. The largest absolute Gasteiger partial charge is 0.309 e. The highest BCUT2D eigenvalue weighted by atomic mass is 15.3. The molecule has 2 aromatic rings. The molecule has 0 saturated carbocycles. The predicted octanol–water partition coefficient (Wildman–Crippen LogP) is 3.30. The maximum absolute atomic E-state index is 4.69. The predicted molar refractivity (Wildman–Crippen MR) is 82.0 cm³/mol. The van der Waals surface area contributed by atoms with Gasteiger partial charge in [0, 0.05) is 23.8 Å². The average Bonchev–Trinajstić information content (AvgIpc) is 3.07. The second kappa shape index (κ2) is 5.63. The van der Waals surface area contributed by atoms with Gasteiger partial charge < -0.3 is 5.32 Å². The minimum Gasteiger partial charge on any atom is -0.309 e. The normalized spacial score (nSPS) is 15.1. The molecule has 1 aliphatic carbocycles. The minimum atomic E-state index is 0.592. The van der Waals surface area contributed by atoms with Crippen molar-refractivity contribution < 1.29 is 0 Å². The molecule has 104 valence electrons. The Balaban J connectivity index is 1.80. The number of benzene rings is 1. The van der Waals surface area contributed by atoms with Gasteiger partial charge in [0.15, 0.2) is 0 Å². The molecule has 0 unspecified atom stereocenters. The molecule has 20 heavy (non-hydrogen) atoms. The first kappa shape index (κ1) is 13.1. The zero-order chi connectivity index (χ0) is 13.9. The first-order valence-corrected chi connectivity index (χ1v) is 7.24. The molecular formula is C17H21N3. The van der Waals surface area contributed by atoms with Crippen LogP contribution < -0.4 is 5.32 Å². The van der Waals surface area contributed by atoms with Gasteiger partial charge in [0.25, 0.3) is 0 Å². The fraction of sp³-hybridized carbons (Fsp3) is 0.353. The Bertz CT molecular complexity index is 603. The van der Waals surface area contributed by atoms with E-state index in [0.29, 0.717) is 6.04 Å². The van der Waals surface area contributed by atoms with Crippen molar-refractivity contribution in [2.45, 2.75) is 39.3 Å². The lowest BCUT2D eigenvalue weighted by Gasteiger charge is -2.12. The van der Waals surface area contributed by atoms with Crippen LogP contribution in [0.3, 0.4) is 0 Å². The highest BCUT2D eigenvalue weighted by Gasteiger charge is 2.15. The van der Waals surface area contributed by atoms with E-state index in [1.165, 1.54) is 11.3 Å². The summed E-state index contributed by atoms with van der Waals surface area (Å²) >= 11 is 0. The van der Waals surface area contributed by atoms with Gasteiger partial charge >= 0.3 is 0 Å². The van der Waals surface area contributed by atoms with Gasteiger partial charge in [-0.05, 0) is 38.8 Å². The molecule has 0 spiro atoms. The third kappa shape index (κ3) is 2.54. The maximum atomic E-state index is 4.69. The van der Waals surface area contributed by atoms with E-state index in [4.69, 9.17) is 0 Å². The molecule has 3 rings (SSSR count). The van der Waals surface area contributed by atoms with E-state index in [1.54, 1.807) is 0 Å². The van der Waals surface area contributed by atoms with Crippen molar-refractivity contribution in [3.63, 3.8) is 0 Å². The monoisotopic (exact) mass is 267 g/mol. The molecule has 0 radical (unpaired) electrons. The summed E-state index contributed by atoms with van der Waals surface area (Å²) in [6.45, 7) is 5.14. The van der Waals surface area contributed by atoms with Gasteiger partial charge in [-0.25, -0.2) is 4.68 Å². The molecule has 0 fully saturated rings. The molecule has 1 heterocycles. The Morgan fingerprint density at radius 1 is 1.15 bits per heavy atom. The summed E-state index contributed by atoms with van der Waals surface area (Å²) in [4.78, 5) is 0. The summed E-state index contributed by atoms with van der Waals surface area (Å²) in [6, 6.07) is 10.9. The molecule has 3 nitrogen and oxygen atoms in total. The number of hydrogen-bond acceptors (Lipinski definition) is 2. The number of aryl methyl sites for hydroxylation is 1. The number of nitrogens with one attached hydrogen (secondary N) is 1. The summed E-state index contributed by atoms with van der Waals surface area (Å²) in [5, 5.41) is 8.32. The van der Waals surface area contributed by atoms with Crippen LogP contribution in [0.15, 0.2) is 42.5 Å². The Kier molecular flexibility index (Phi) is 3.70. The molecule has 1 N–H and O–H groups in total. The van der Waals surface area contributed by atoms with Crippen molar-refractivity contribution in [1.82, 2.24) is 15.1 Å². The van der Waals surface area contributed by atoms with Crippen LogP contribution in [0.2, 0.25) is 0 Å². The van der Waals surface area contributed by atoms with Crippen molar-refractivity contribution in [3.8, 4) is 5.69 Å². The summed E-state index contributed by atoms with van der Waals surface area (Å²) in [5.41, 5.74) is 4.79. The lowest BCUT2D eigenvalue weighted by Crippen LogP contribution is -2.26. The summed E-state index contributed by atoms with van der Waals surface area (Å²) in [5.74, 6) is 0. The maximum Gasteiger partial charge on any atom is 0.0648 e. The smallest absolute Gasteiger partial charge is 0.0648 e. The van der Waals surface area contributed by atoms with Crippen LogP contribution in [0.4, 0.5) is 0 Å². The standard InChI is InChI=1S/C17H21N3/c1-13-17(12-18-15-8-6-7-9-15)14(2)20(19-13)16-10-4-3-5-11-16/h3-7,10-11,15,18H,8-9,12H2,1-2H3. The van der Waals surface area contributed by atoms with E-state index in [-0.39, 0.29) is 0 Å². The second-order valence-corrected chi connectivity index (χ2v) is 5.42. The molecule has 1 aliphatic rings. The minimum absolute atomic E-state index is 0.592. The SMILES string of the molecule is Cc1nn(-c2ccccc2)c(C)c1CNC1CC=CC1. The molecule has 0 amide bonds. The quantitative estimate of drug-likeness (QED) is 0.861. The molecule has 0 saturated heterocycles. The van der Waals surface area contributed by atoms with E-state index < -0.39 is 0 Å². The Morgan fingerprint density at radius 3 is 2.55 bits per heavy atom. The molecule has 1 aromatic carbocycles. The summed E-state index contributed by atoms with van der Waals surface area (Å²) in [6.07, 6.45) is 6.80. The van der Waals surface area contributed by atoms with Crippen LogP contribution in [-0.2, 0) is 6.54 Å². The fourth-order valence-electron chi connectivity index (χ4n) is 2.78. The summed E-state index contributed by atoms with van der Waals surface area (Å²) < 4.78 is 2.04. The van der Waals surface area contributed by atoms with E-state index in [9.17, 15) is 0 Å². The molecular weight excluding hydrogens is 246 g/mol. The lowest BCUT2D eigenvalue weighted by molar-refractivity contribution is 0.536. The second-order valence-electron chi connectivity index (χ2n) is 5.42. The van der Waals surface area contributed by atoms with Gasteiger partial charge in [0.05, 0.1) is 11.4 Å². The van der Waals surface area contributed by atoms with Gasteiger partial charge in [-0.1, -0.05) is 30.4 Å². The third-order valence-corrected chi connectivity index (χ3v) is 4.02. The van der Waals surface area contributed by atoms with E-state index in [0.717, 1.165) is 30.8 Å². The Labute approximate surface area is 120 Å². The number of hydrogen-bond donors (Lipinski definition) is 1. The van der Waals surface area contributed by atoms with E-state index in [1.807, 2.05) is 22.9 Å².